The highest BCUT2D eigenvalue weighted by Crippen LogP contribution is 2.26. The van der Waals surface area contributed by atoms with E-state index in [1.54, 1.807) is 11.8 Å². The summed E-state index contributed by atoms with van der Waals surface area (Å²) >= 11 is 1.57. The molecule has 0 unspecified atom stereocenters. The first-order valence-corrected chi connectivity index (χ1v) is 8.97. The molecule has 126 valence electrons. The number of nitrogens with zero attached hydrogens (tertiary/aromatic N) is 5. The van der Waals surface area contributed by atoms with Crippen LogP contribution in [0, 0.1) is 39.0 Å². The highest BCUT2D eigenvalue weighted by molar-refractivity contribution is 7.98. The van der Waals surface area contributed by atoms with Gasteiger partial charge in [0.05, 0.1) is 17.1 Å². The van der Waals surface area contributed by atoms with E-state index in [-0.39, 0.29) is 0 Å². The van der Waals surface area contributed by atoms with Crippen LogP contribution in [0.3, 0.4) is 0 Å². The molecule has 0 fully saturated rings. The van der Waals surface area contributed by atoms with E-state index >= 15 is 0 Å². The van der Waals surface area contributed by atoms with E-state index in [9.17, 15) is 5.26 Å². The van der Waals surface area contributed by atoms with Gasteiger partial charge < -0.3 is 0 Å². The van der Waals surface area contributed by atoms with Crippen molar-refractivity contribution < 1.29 is 0 Å². The van der Waals surface area contributed by atoms with E-state index in [0.717, 1.165) is 33.5 Å². The summed E-state index contributed by atoms with van der Waals surface area (Å²) in [6.45, 7) is 7.74. The van der Waals surface area contributed by atoms with Crippen molar-refractivity contribution in [3.63, 3.8) is 0 Å². The highest BCUT2D eigenvalue weighted by Gasteiger charge is 2.11. The zero-order valence-electron chi connectivity index (χ0n) is 14.7. The molecule has 0 amide bonds. The van der Waals surface area contributed by atoms with Crippen molar-refractivity contribution in [1.82, 2.24) is 19.7 Å². The molecule has 0 aliphatic carbocycles. The van der Waals surface area contributed by atoms with Crippen molar-refractivity contribution in [3.05, 3.63) is 64.4 Å². The Bertz CT molecular complexity index is 951. The Balaban J connectivity index is 1.77. The molecule has 0 aliphatic heterocycles. The van der Waals surface area contributed by atoms with Gasteiger partial charge in [-0.15, -0.1) is 11.8 Å². The first-order chi connectivity index (χ1) is 12.0. The van der Waals surface area contributed by atoms with Gasteiger partial charge >= 0.3 is 0 Å². The van der Waals surface area contributed by atoms with Gasteiger partial charge in [0.1, 0.15) is 22.5 Å². The zero-order chi connectivity index (χ0) is 18.0. The molecule has 2 aromatic heterocycles. The molecule has 0 radical (unpaired) electrons. The quantitative estimate of drug-likeness (QED) is 0.525. The van der Waals surface area contributed by atoms with Crippen LogP contribution in [0.1, 0.15) is 34.0 Å². The summed E-state index contributed by atoms with van der Waals surface area (Å²) in [7, 11) is 0. The van der Waals surface area contributed by atoms with Gasteiger partial charge in [0.15, 0.2) is 0 Å². The van der Waals surface area contributed by atoms with Crippen LogP contribution in [0.15, 0.2) is 35.4 Å². The Morgan fingerprint density at radius 2 is 1.80 bits per heavy atom. The summed E-state index contributed by atoms with van der Waals surface area (Å²) in [6, 6.07) is 12.6. The standard InChI is InChI=1S/C19H19N5S/c1-12-9-13(2)24(23-12)17-7-5-16(6-8-17)11-25-19-18(10-20)14(3)21-15(4)22-19/h5-9H,11H2,1-4H3. The molecule has 5 nitrogen and oxygen atoms in total. The van der Waals surface area contributed by atoms with Gasteiger partial charge in [-0.3, -0.25) is 0 Å². The monoisotopic (exact) mass is 349 g/mol. The third-order valence-electron chi connectivity index (χ3n) is 3.85. The van der Waals surface area contributed by atoms with Gasteiger partial charge in [-0.1, -0.05) is 12.1 Å². The molecule has 2 heterocycles. The van der Waals surface area contributed by atoms with Gasteiger partial charge in [0, 0.05) is 11.4 Å². The minimum Gasteiger partial charge on any atom is -0.238 e. The molecule has 0 saturated heterocycles. The van der Waals surface area contributed by atoms with Crippen molar-refractivity contribution >= 4 is 11.8 Å². The Morgan fingerprint density at radius 3 is 2.40 bits per heavy atom. The Kier molecular flexibility index (Phi) is 4.86. The van der Waals surface area contributed by atoms with Crippen molar-refractivity contribution in [2.75, 3.05) is 0 Å². The fourth-order valence-electron chi connectivity index (χ4n) is 2.69. The lowest BCUT2D eigenvalue weighted by molar-refractivity contribution is 0.833. The number of hydrogen-bond acceptors (Lipinski definition) is 5. The molecular weight excluding hydrogens is 330 g/mol. The molecule has 0 atom stereocenters. The normalized spacial score (nSPS) is 10.7. The Hall–Kier alpha value is -2.65. The zero-order valence-corrected chi connectivity index (χ0v) is 15.6. The molecule has 1 aromatic carbocycles. The Labute approximate surface area is 151 Å². The lowest BCUT2D eigenvalue weighted by Gasteiger charge is -2.08. The van der Waals surface area contributed by atoms with Crippen LogP contribution in [0.4, 0.5) is 0 Å². The van der Waals surface area contributed by atoms with E-state index in [2.05, 4.69) is 51.5 Å². The fourth-order valence-corrected chi connectivity index (χ4v) is 3.72. The van der Waals surface area contributed by atoms with E-state index < -0.39 is 0 Å². The van der Waals surface area contributed by atoms with Gasteiger partial charge in [0.2, 0.25) is 0 Å². The predicted molar refractivity (Wildman–Crippen MR) is 98.8 cm³/mol. The fraction of sp³-hybridized carbons (Fsp3) is 0.263. The van der Waals surface area contributed by atoms with Gasteiger partial charge in [-0.05, 0) is 51.5 Å². The summed E-state index contributed by atoms with van der Waals surface area (Å²) < 4.78 is 1.94. The summed E-state index contributed by atoms with van der Waals surface area (Å²) in [5.41, 5.74) is 5.65. The van der Waals surface area contributed by atoms with Gasteiger partial charge in [-0.2, -0.15) is 10.4 Å². The number of aromatic nitrogens is 4. The SMILES string of the molecule is Cc1cc(C)n(-c2ccc(CSc3nc(C)nc(C)c3C#N)cc2)n1. The maximum Gasteiger partial charge on any atom is 0.126 e. The Morgan fingerprint density at radius 1 is 1.08 bits per heavy atom. The van der Waals surface area contributed by atoms with Gasteiger partial charge in [0.25, 0.3) is 0 Å². The van der Waals surface area contributed by atoms with Crippen LogP contribution in [0.5, 0.6) is 0 Å². The number of nitriles is 1. The van der Waals surface area contributed by atoms with Crippen LogP contribution in [-0.4, -0.2) is 19.7 Å². The predicted octanol–water partition coefficient (Wildman–Crippen LogP) is 4.06. The van der Waals surface area contributed by atoms with E-state index in [4.69, 9.17) is 0 Å². The lowest BCUT2D eigenvalue weighted by atomic mass is 10.2. The summed E-state index contributed by atoms with van der Waals surface area (Å²) in [6.07, 6.45) is 0. The first-order valence-electron chi connectivity index (χ1n) is 7.98. The second-order valence-electron chi connectivity index (χ2n) is 5.94. The van der Waals surface area contributed by atoms with Crippen molar-refractivity contribution in [2.24, 2.45) is 0 Å². The third kappa shape index (κ3) is 3.72. The molecule has 6 heteroatoms. The van der Waals surface area contributed by atoms with Crippen LogP contribution in [-0.2, 0) is 5.75 Å². The molecule has 3 aromatic rings. The second-order valence-corrected chi connectivity index (χ2v) is 6.91. The number of hydrogen-bond donors (Lipinski definition) is 0. The van der Waals surface area contributed by atoms with Crippen molar-refractivity contribution in [3.8, 4) is 11.8 Å². The molecule has 25 heavy (non-hydrogen) atoms. The lowest BCUT2D eigenvalue weighted by Crippen LogP contribution is -2.00. The molecule has 3 rings (SSSR count). The topological polar surface area (TPSA) is 67.4 Å². The average Bonchev–Trinajstić information content (AvgIpc) is 2.91. The summed E-state index contributed by atoms with van der Waals surface area (Å²) in [4.78, 5) is 8.67. The van der Waals surface area contributed by atoms with E-state index in [1.807, 2.05) is 32.4 Å². The maximum absolute atomic E-state index is 9.32. The molecule has 0 N–H and O–H groups in total. The molecule has 0 bridgehead atoms. The van der Waals surface area contributed by atoms with E-state index in [1.165, 1.54) is 5.56 Å². The smallest absolute Gasteiger partial charge is 0.126 e. The van der Waals surface area contributed by atoms with Crippen molar-refractivity contribution in [1.29, 1.82) is 5.26 Å². The minimum atomic E-state index is 0.565. The van der Waals surface area contributed by atoms with Crippen LogP contribution in [0.2, 0.25) is 0 Å². The molecule has 0 saturated carbocycles. The largest absolute Gasteiger partial charge is 0.238 e. The summed E-state index contributed by atoms with van der Waals surface area (Å²) in [5, 5.41) is 14.6. The third-order valence-corrected chi connectivity index (χ3v) is 4.89. The number of rotatable bonds is 4. The highest BCUT2D eigenvalue weighted by atomic mass is 32.2. The second kappa shape index (κ2) is 7.08. The minimum absolute atomic E-state index is 0.565. The first kappa shape index (κ1) is 17.2. The van der Waals surface area contributed by atoms with Crippen molar-refractivity contribution in [2.45, 2.75) is 38.5 Å². The number of thioether (sulfide) groups is 1. The van der Waals surface area contributed by atoms with Crippen LogP contribution < -0.4 is 0 Å². The number of benzene rings is 1. The van der Waals surface area contributed by atoms with E-state index in [0.29, 0.717) is 11.4 Å². The molecule has 0 aliphatic rings. The number of aryl methyl sites for hydroxylation is 4. The van der Waals surface area contributed by atoms with Crippen LogP contribution in [0.25, 0.3) is 5.69 Å². The van der Waals surface area contributed by atoms with Crippen LogP contribution >= 0.6 is 11.8 Å². The van der Waals surface area contributed by atoms with Gasteiger partial charge in [-0.25, -0.2) is 14.6 Å². The maximum atomic E-state index is 9.32. The summed E-state index contributed by atoms with van der Waals surface area (Å²) in [5.74, 6) is 1.45. The molecular formula is C19H19N5S. The average molecular weight is 349 g/mol. The molecule has 0 spiro atoms.